The Balaban J connectivity index is 2.17. The fourth-order valence-corrected chi connectivity index (χ4v) is 2.76. The molecule has 5 heteroatoms. The van der Waals surface area contributed by atoms with Crippen molar-refractivity contribution < 1.29 is 13.2 Å². The van der Waals surface area contributed by atoms with Crippen LogP contribution >= 0.6 is 11.3 Å². The summed E-state index contributed by atoms with van der Waals surface area (Å²) in [6.45, 7) is 0. The first-order valence-corrected chi connectivity index (χ1v) is 8.35. The molecule has 0 aliphatic carbocycles. The smallest absolute Gasteiger partial charge is 0.185 e. The van der Waals surface area contributed by atoms with Crippen molar-refractivity contribution in [2.75, 3.05) is 6.26 Å². The number of benzene rings is 1. The van der Waals surface area contributed by atoms with E-state index in [0.29, 0.717) is 5.56 Å². The molecule has 0 aliphatic heterocycles. The molecule has 0 atom stereocenters. The average Bonchev–Trinajstić information content (AvgIpc) is 2.88. The van der Waals surface area contributed by atoms with Crippen molar-refractivity contribution in [1.82, 2.24) is 0 Å². The first-order chi connectivity index (χ1) is 8.97. The summed E-state index contributed by atoms with van der Waals surface area (Å²) in [7, 11) is -3.22. The lowest BCUT2D eigenvalue weighted by Crippen LogP contribution is -1.99. The summed E-state index contributed by atoms with van der Waals surface area (Å²) in [5.41, 5.74) is 1.45. The van der Waals surface area contributed by atoms with E-state index in [1.807, 2.05) is 16.8 Å². The number of hydrogen-bond donors (Lipinski definition) is 0. The van der Waals surface area contributed by atoms with Crippen molar-refractivity contribution >= 4 is 33.0 Å². The Hall–Kier alpha value is -1.72. The maximum atomic E-state index is 11.9. The molecule has 19 heavy (non-hydrogen) atoms. The average molecular weight is 292 g/mol. The van der Waals surface area contributed by atoms with Gasteiger partial charge in [0, 0.05) is 11.8 Å². The first kappa shape index (κ1) is 13.7. The molecule has 1 heterocycles. The Kier molecular flexibility index (Phi) is 3.97. The second-order valence-corrected chi connectivity index (χ2v) is 6.85. The molecule has 3 nitrogen and oxygen atoms in total. The second kappa shape index (κ2) is 5.50. The standard InChI is InChI=1S/C14H12O3S2/c1-19(16,17)13-5-3-12(4-6-13)14(15)7-2-11-8-9-18-10-11/h2-10H,1H3/b7-2+. The molecule has 0 saturated heterocycles. The molecule has 0 unspecified atom stereocenters. The summed E-state index contributed by atoms with van der Waals surface area (Å²) in [5, 5.41) is 3.88. The molecule has 2 aromatic rings. The van der Waals surface area contributed by atoms with E-state index in [1.54, 1.807) is 17.4 Å². The van der Waals surface area contributed by atoms with Crippen molar-refractivity contribution in [3.05, 3.63) is 58.3 Å². The lowest BCUT2D eigenvalue weighted by atomic mass is 10.1. The molecule has 1 aromatic heterocycles. The molecule has 2 rings (SSSR count). The van der Waals surface area contributed by atoms with Crippen LogP contribution in [0.3, 0.4) is 0 Å². The van der Waals surface area contributed by atoms with Gasteiger partial charge < -0.3 is 0 Å². The molecule has 0 radical (unpaired) electrons. The van der Waals surface area contributed by atoms with Crippen LogP contribution in [-0.2, 0) is 9.84 Å². The van der Waals surface area contributed by atoms with Crippen LogP contribution in [0.4, 0.5) is 0 Å². The molecule has 0 saturated carbocycles. The van der Waals surface area contributed by atoms with E-state index in [4.69, 9.17) is 0 Å². The highest BCUT2D eigenvalue weighted by Crippen LogP contribution is 2.12. The summed E-state index contributed by atoms with van der Waals surface area (Å²) in [6.07, 6.45) is 4.36. The molecule has 0 spiro atoms. The van der Waals surface area contributed by atoms with Crippen molar-refractivity contribution in [2.24, 2.45) is 0 Å². The minimum atomic E-state index is -3.22. The second-order valence-electron chi connectivity index (χ2n) is 4.05. The van der Waals surface area contributed by atoms with E-state index in [-0.39, 0.29) is 10.7 Å². The van der Waals surface area contributed by atoms with Gasteiger partial charge in [-0.05, 0) is 52.7 Å². The Morgan fingerprint density at radius 2 is 1.84 bits per heavy atom. The lowest BCUT2D eigenvalue weighted by molar-refractivity contribution is 0.104. The number of rotatable bonds is 4. The van der Waals surface area contributed by atoms with E-state index in [1.165, 1.54) is 30.3 Å². The molecule has 98 valence electrons. The van der Waals surface area contributed by atoms with Crippen LogP contribution in [0.25, 0.3) is 6.08 Å². The van der Waals surface area contributed by atoms with Crippen molar-refractivity contribution in [2.45, 2.75) is 4.90 Å². The quantitative estimate of drug-likeness (QED) is 0.643. The Morgan fingerprint density at radius 3 is 2.37 bits per heavy atom. The normalized spacial score (nSPS) is 11.8. The van der Waals surface area contributed by atoms with Gasteiger partial charge in [-0.25, -0.2) is 8.42 Å². The highest BCUT2D eigenvalue weighted by molar-refractivity contribution is 7.90. The summed E-state index contributed by atoms with van der Waals surface area (Å²) >= 11 is 1.56. The zero-order valence-electron chi connectivity index (χ0n) is 10.2. The molecular weight excluding hydrogens is 280 g/mol. The lowest BCUT2D eigenvalue weighted by Gasteiger charge is -1.99. The first-order valence-electron chi connectivity index (χ1n) is 5.51. The zero-order chi connectivity index (χ0) is 13.9. The van der Waals surface area contributed by atoms with Gasteiger partial charge in [-0.2, -0.15) is 11.3 Å². The van der Waals surface area contributed by atoms with Crippen LogP contribution < -0.4 is 0 Å². The molecule has 1 aromatic carbocycles. The van der Waals surface area contributed by atoms with Crippen LogP contribution in [0, 0.1) is 0 Å². The summed E-state index contributed by atoms with van der Waals surface area (Å²) in [5.74, 6) is -0.147. The number of allylic oxidation sites excluding steroid dienone is 1. The molecule has 0 amide bonds. The number of carbonyl (C=O) groups excluding carboxylic acids is 1. The van der Waals surface area contributed by atoms with Crippen LogP contribution in [0.5, 0.6) is 0 Å². The Morgan fingerprint density at radius 1 is 1.16 bits per heavy atom. The van der Waals surface area contributed by atoms with Gasteiger partial charge in [-0.15, -0.1) is 0 Å². The van der Waals surface area contributed by atoms with Crippen LogP contribution in [0.1, 0.15) is 15.9 Å². The third kappa shape index (κ3) is 3.62. The zero-order valence-corrected chi connectivity index (χ0v) is 11.9. The van der Waals surface area contributed by atoms with Crippen LogP contribution in [0.2, 0.25) is 0 Å². The van der Waals surface area contributed by atoms with Gasteiger partial charge in [0.05, 0.1) is 4.90 Å². The van der Waals surface area contributed by atoms with Gasteiger partial charge in [0.2, 0.25) is 0 Å². The number of ketones is 1. The van der Waals surface area contributed by atoms with E-state index in [0.717, 1.165) is 11.8 Å². The van der Waals surface area contributed by atoms with Gasteiger partial charge in [0.1, 0.15) is 0 Å². The Labute approximate surface area is 116 Å². The van der Waals surface area contributed by atoms with E-state index in [9.17, 15) is 13.2 Å². The minimum absolute atomic E-state index is 0.147. The van der Waals surface area contributed by atoms with Gasteiger partial charge >= 0.3 is 0 Å². The summed E-state index contributed by atoms with van der Waals surface area (Å²) in [4.78, 5) is 12.1. The minimum Gasteiger partial charge on any atom is -0.289 e. The van der Waals surface area contributed by atoms with Crippen LogP contribution in [-0.4, -0.2) is 20.5 Å². The highest BCUT2D eigenvalue weighted by atomic mass is 32.2. The van der Waals surface area contributed by atoms with E-state index >= 15 is 0 Å². The summed E-state index contributed by atoms with van der Waals surface area (Å²) < 4.78 is 22.6. The van der Waals surface area contributed by atoms with Gasteiger partial charge in [-0.3, -0.25) is 4.79 Å². The number of thiophene rings is 1. The van der Waals surface area contributed by atoms with E-state index < -0.39 is 9.84 Å². The van der Waals surface area contributed by atoms with Gasteiger partial charge in [-0.1, -0.05) is 6.08 Å². The van der Waals surface area contributed by atoms with Crippen molar-refractivity contribution in [1.29, 1.82) is 0 Å². The highest BCUT2D eigenvalue weighted by Gasteiger charge is 2.08. The van der Waals surface area contributed by atoms with Crippen LogP contribution in [0.15, 0.2) is 52.1 Å². The fourth-order valence-electron chi connectivity index (χ4n) is 1.50. The summed E-state index contributed by atoms with van der Waals surface area (Å²) in [6, 6.07) is 7.86. The molecular formula is C14H12O3S2. The van der Waals surface area contributed by atoms with E-state index in [2.05, 4.69) is 0 Å². The third-order valence-corrected chi connectivity index (χ3v) is 4.37. The molecule has 0 fully saturated rings. The third-order valence-electron chi connectivity index (χ3n) is 2.54. The predicted molar refractivity (Wildman–Crippen MR) is 77.2 cm³/mol. The maximum Gasteiger partial charge on any atom is 0.185 e. The Bertz CT molecular complexity index is 694. The number of sulfone groups is 1. The van der Waals surface area contributed by atoms with Crippen molar-refractivity contribution in [3.63, 3.8) is 0 Å². The van der Waals surface area contributed by atoms with Gasteiger partial charge in [0.25, 0.3) is 0 Å². The largest absolute Gasteiger partial charge is 0.289 e. The van der Waals surface area contributed by atoms with Crippen molar-refractivity contribution in [3.8, 4) is 0 Å². The fraction of sp³-hybridized carbons (Fsp3) is 0.0714. The molecule has 0 bridgehead atoms. The maximum absolute atomic E-state index is 11.9. The van der Waals surface area contributed by atoms with Gasteiger partial charge in [0.15, 0.2) is 15.6 Å². The number of carbonyl (C=O) groups is 1. The topological polar surface area (TPSA) is 51.2 Å². The SMILES string of the molecule is CS(=O)(=O)c1ccc(C(=O)/C=C/c2ccsc2)cc1. The molecule has 0 N–H and O–H groups in total. The molecule has 0 aliphatic rings. The monoisotopic (exact) mass is 292 g/mol. The number of hydrogen-bond acceptors (Lipinski definition) is 4. The predicted octanol–water partition coefficient (Wildman–Crippen LogP) is 3.05.